The standard InChI is InChI=1S/C10H18N2O2/c1-2-10(14)12-5-3-4-11(6-7-12)8-9-13/h2,13H,1,3-9H2. The highest BCUT2D eigenvalue weighted by Gasteiger charge is 2.16. The van der Waals surface area contributed by atoms with E-state index in [1.54, 1.807) is 0 Å². The fourth-order valence-corrected chi connectivity index (χ4v) is 1.69. The second-order valence-corrected chi connectivity index (χ2v) is 3.45. The summed E-state index contributed by atoms with van der Waals surface area (Å²) < 4.78 is 0. The summed E-state index contributed by atoms with van der Waals surface area (Å²) in [5, 5.41) is 8.79. The Morgan fingerprint density at radius 3 is 2.79 bits per heavy atom. The predicted molar refractivity (Wildman–Crippen MR) is 54.9 cm³/mol. The van der Waals surface area contributed by atoms with Crippen molar-refractivity contribution in [3.63, 3.8) is 0 Å². The number of carbonyl (C=O) groups excluding carboxylic acids is 1. The van der Waals surface area contributed by atoms with Crippen molar-refractivity contribution >= 4 is 5.91 Å². The lowest BCUT2D eigenvalue weighted by atomic mass is 10.3. The Morgan fingerprint density at radius 2 is 2.14 bits per heavy atom. The Labute approximate surface area is 84.8 Å². The van der Waals surface area contributed by atoms with Crippen molar-refractivity contribution < 1.29 is 9.90 Å². The van der Waals surface area contributed by atoms with Crippen LogP contribution in [0.3, 0.4) is 0 Å². The minimum Gasteiger partial charge on any atom is -0.395 e. The lowest BCUT2D eigenvalue weighted by molar-refractivity contribution is -0.125. The monoisotopic (exact) mass is 198 g/mol. The van der Waals surface area contributed by atoms with Crippen LogP contribution in [0.4, 0.5) is 0 Å². The number of amides is 1. The number of hydrogen-bond donors (Lipinski definition) is 1. The number of carbonyl (C=O) groups is 1. The van der Waals surface area contributed by atoms with Crippen molar-refractivity contribution in [3.8, 4) is 0 Å². The highest BCUT2D eigenvalue weighted by atomic mass is 16.3. The van der Waals surface area contributed by atoms with Gasteiger partial charge in [-0.3, -0.25) is 9.69 Å². The van der Waals surface area contributed by atoms with Crippen LogP contribution in [-0.2, 0) is 4.79 Å². The topological polar surface area (TPSA) is 43.8 Å². The molecule has 0 atom stereocenters. The zero-order chi connectivity index (χ0) is 10.4. The number of β-amino-alcohol motifs (C(OH)–C–C–N with tert-alkyl or cyclic N) is 1. The van der Waals surface area contributed by atoms with Crippen LogP contribution < -0.4 is 0 Å². The molecule has 0 spiro atoms. The van der Waals surface area contributed by atoms with Gasteiger partial charge in [0.25, 0.3) is 0 Å². The van der Waals surface area contributed by atoms with E-state index in [0.29, 0.717) is 6.54 Å². The van der Waals surface area contributed by atoms with Crippen LogP contribution in [0.15, 0.2) is 12.7 Å². The minimum atomic E-state index is 0.0100. The fraction of sp³-hybridized carbons (Fsp3) is 0.700. The van der Waals surface area contributed by atoms with Gasteiger partial charge in [0.15, 0.2) is 0 Å². The molecule has 1 saturated heterocycles. The van der Waals surface area contributed by atoms with Crippen LogP contribution in [-0.4, -0.2) is 60.1 Å². The first kappa shape index (κ1) is 11.2. The largest absolute Gasteiger partial charge is 0.395 e. The van der Waals surface area contributed by atoms with E-state index in [-0.39, 0.29) is 12.5 Å². The van der Waals surface area contributed by atoms with Gasteiger partial charge in [-0.05, 0) is 19.0 Å². The van der Waals surface area contributed by atoms with Gasteiger partial charge in [0, 0.05) is 26.2 Å². The molecule has 1 amide bonds. The van der Waals surface area contributed by atoms with Gasteiger partial charge < -0.3 is 10.0 Å². The molecule has 14 heavy (non-hydrogen) atoms. The molecular weight excluding hydrogens is 180 g/mol. The molecule has 0 bridgehead atoms. The summed E-state index contributed by atoms with van der Waals surface area (Å²) in [5.74, 6) is 0.0100. The van der Waals surface area contributed by atoms with Crippen LogP contribution in [0.1, 0.15) is 6.42 Å². The lowest BCUT2D eigenvalue weighted by Gasteiger charge is -2.20. The van der Waals surface area contributed by atoms with Gasteiger partial charge in [-0.2, -0.15) is 0 Å². The number of nitrogens with zero attached hydrogens (tertiary/aromatic N) is 2. The average Bonchev–Trinajstić information content (AvgIpc) is 2.43. The van der Waals surface area contributed by atoms with Gasteiger partial charge in [0.2, 0.25) is 5.91 Å². The molecule has 1 rings (SSSR count). The average molecular weight is 198 g/mol. The van der Waals surface area contributed by atoms with E-state index in [0.717, 1.165) is 32.6 Å². The zero-order valence-electron chi connectivity index (χ0n) is 8.48. The van der Waals surface area contributed by atoms with Crippen LogP contribution in [0.2, 0.25) is 0 Å². The quantitative estimate of drug-likeness (QED) is 0.633. The van der Waals surface area contributed by atoms with Crippen molar-refractivity contribution in [1.29, 1.82) is 0 Å². The third kappa shape index (κ3) is 3.12. The molecule has 0 aromatic carbocycles. The SMILES string of the molecule is C=CC(=O)N1CCCN(CCO)CC1. The van der Waals surface area contributed by atoms with Gasteiger partial charge in [-0.25, -0.2) is 0 Å². The van der Waals surface area contributed by atoms with Gasteiger partial charge in [0.05, 0.1) is 6.61 Å². The highest BCUT2D eigenvalue weighted by molar-refractivity contribution is 5.86. The molecule has 0 unspecified atom stereocenters. The molecule has 1 heterocycles. The fourth-order valence-electron chi connectivity index (χ4n) is 1.69. The van der Waals surface area contributed by atoms with E-state index in [1.807, 2.05) is 4.90 Å². The Hall–Kier alpha value is -0.870. The van der Waals surface area contributed by atoms with Gasteiger partial charge >= 0.3 is 0 Å². The van der Waals surface area contributed by atoms with E-state index < -0.39 is 0 Å². The molecular formula is C10H18N2O2. The molecule has 0 aromatic heterocycles. The van der Waals surface area contributed by atoms with Gasteiger partial charge in [-0.1, -0.05) is 6.58 Å². The molecule has 0 aliphatic carbocycles. The van der Waals surface area contributed by atoms with Crippen molar-refractivity contribution in [2.45, 2.75) is 6.42 Å². The zero-order valence-corrected chi connectivity index (χ0v) is 8.48. The molecule has 1 aliphatic rings. The lowest BCUT2D eigenvalue weighted by Crippen LogP contribution is -2.34. The van der Waals surface area contributed by atoms with Crippen LogP contribution >= 0.6 is 0 Å². The summed E-state index contributed by atoms with van der Waals surface area (Å²) in [6.07, 6.45) is 2.33. The third-order valence-electron chi connectivity index (χ3n) is 2.49. The summed E-state index contributed by atoms with van der Waals surface area (Å²) in [7, 11) is 0. The summed E-state index contributed by atoms with van der Waals surface area (Å²) >= 11 is 0. The molecule has 4 heteroatoms. The molecule has 1 N–H and O–H groups in total. The van der Waals surface area contributed by atoms with E-state index in [4.69, 9.17) is 5.11 Å². The molecule has 80 valence electrons. The maximum Gasteiger partial charge on any atom is 0.245 e. The third-order valence-corrected chi connectivity index (χ3v) is 2.49. The van der Waals surface area contributed by atoms with Crippen LogP contribution in [0.5, 0.6) is 0 Å². The Kier molecular flexibility index (Phi) is 4.62. The molecule has 0 radical (unpaired) electrons. The first-order chi connectivity index (χ1) is 6.77. The van der Waals surface area contributed by atoms with Crippen LogP contribution in [0.25, 0.3) is 0 Å². The maximum absolute atomic E-state index is 11.3. The molecule has 1 aliphatic heterocycles. The maximum atomic E-state index is 11.3. The summed E-state index contributed by atoms with van der Waals surface area (Å²) in [6.45, 7) is 7.72. The van der Waals surface area contributed by atoms with Crippen LogP contribution in [0, 0.1) is 0 Å². The molecule has 0 aromatic rings. The van der Waals surface area contributed by atoms with Crippen molar-refractivity contribution in [2.75, 3.05) is 39.3 Å². The first-order valence-electron chi connectivity index (χ1n) is 5.02. The number of rotatable bonds is 3. The highest BCUT2D eigenvalue weighted by Crippen LogP contribution is 2.03. The Morgan fingerprint density at radius 1 is 1.36 bits per heavy atom. The normalized spacial score (nSPS) is 19.1. The predicted octanol–water partition coefficient (Wildman–Crippen LogP) is -0.301. The van der Waals surface area contributed by atoms with Crippen molar-refractivity contribution in [2.24, 2.45) is 0 Å². The molecule has 4 nitrogen and oxygen atoms in total. The number of aliphatic hydroxyl groups is 1. The second kappa shape index (κ2) is 5.78. The van der Waals surface area contributed by atoms with Crippen molar-refractivity contribution in [1.82, 2.24) is 9.80 Å². The number of aliphatic hydroxyl groups excluding tert-OH is 1. The molecule has 1 fully saturated rings. The summed E-state index contributed by atoms with van der Waals surface area (Å²) in [6, 6.07) is 0. The van der Waals surface area contributed by atoms with E-state index in [1.165, 1.54) is 6.08 Å². The van der Waals surface area contributed by atoms with E-state index in [2.05, 4.69) is 11.5 Å². The first-order valence-corrected chi connectivity index (χ1v) is 5.02. The summed E-state index contributed by atoms with van der Waals surface area (Å²) in [4.78, 5) is 15.3. The number of hydrogen-bond acceptors (Lipinski definition) is 3. The minimum absolute atomic E-state index is 0.0100. The van der Waals surface area contributed by atoms with E-state index in [9.17, 15) is 4.79 Å². The Bertz CT molecular complexity index is 206. The molecule has 0 saturated carbocycles. The van der Waals surface area contributed by atoms with Crippen molar-refractivity contribution in [3.05, 3.63) is 12.7 Å². The summed E-state index contributed by atoms with van der Waals surface area (Å²) in [5.41, 5.74) is 0. The van der Waals surface area contributed by atoms with Gasteiger partial charge in [0.1, 0.15) is 0 Å². The smallest absolute Gasteiger partial charge is 0.245 e. The Balaban J connectivity index is 2.40. The van der Waals surface area contributed by atoms with E-state index >= 15 is 0 Å². The second-order valence-electron chi connectivity index (χ2n) is 3.45. The van der Waals surface area contributed by atoms with Gasteiger partial charge in [-0.15, -0.1) is 0 Å².